The van der Waals surface area contributed by atoms with Gasteiger partial charge in [0.05, 0.1) is 13.2 Å². The predicted molar refractivity (Wildman–Crippen MR) is 61.0 cm³/mol. The van der Waals surface area contributed by atoms with E-state index in [9.17, 15) is 9.59 Å². The van der Waals surface area contributed by atoms with Crippen molar-refractivity contribution in [3.05, 3.63) is 0 Å². The first-order valence-corrected chi connectivity index (χ1v) is 5.95. The Labute approximate surface area is 101 Å². The molecule has 17 heavy (non-hydrogen) atoms. The second kappa shape index (κ2) is 6.56. The number of carbonyl (C=O) groups excluding carboxylic acids is 2. The van der Waals surface area contributed by atoms with Crippen molar-refractivity contribution in [3.8, 4) is 0 Å². The summed E-state index contributed by atoms with van der Waals surface area (Å²) < 4.78 is 5.03. The minimum absolute atomic E-state index is 0.365. The fourth-order valence-electron chi connectivity index (χ4n) is 1.87. The maximum absolute atomic E-state index is 11.8. The third-order valence-corrected chi connectivity index (χ3v) is 2.77. The van der Waals surface area contributed by atoms with E-state index in [4.69, 9.17) is 15.6 Å². The largest absolute Gasteiger partial charge is 0.464 e. The van der Waals surface area contributed by atoms with Crippen molar-refractivity contribution in [2.75, 3.05) is 19.8 Å². The highest BCUT2D eigenvalue weighted by Gasteiger charge is 2.36. The zero-order valence-corrected chi connectivity index (χ0v) is 10.1. The highest BCUT2D eigenvalue weighted by Crippen LogP contribution is 2.19. The van der Waals surface area contributed by atoms with Gasteiger partial charge in [-0.05, 0) is 19.3 Å². The standard InChI is InChI=1S/C11H20N2O4/c1-2-6-17-11(16)9-4-3-5-13(9)10(15)8(12)7-14/h8-9,14H,2-7,12H2,1H3/t8-,9-/m0/s1. The summed E-state index contributed by atoms with van der Waals surface area (Å²) in [6.07, 6.45) is 2.12. The molecule has 0 saturated carbocycles. The first kappa shape index (κ1) is 13.9. The number of nitrogens with zero attached hydrogens (tertiary/aromatic N) is 1. The van der Waals surface area contributed by atoms with Crippen LogP contribution in [0.5, 0.6) is 0 Å². The molecule has 1 aliphatic rings. The molecule has 2 atom stereocenters. The molecule has 1 heterocycles. The van der Waals surface area contributed by atoms with Gasteiger partial charge in [0.2, 0.25) is 5.91 Å². The number of hydrogen-bond acceptors (Lipinski definition) is 5. The van der Waals surface area contributed by atoms with Gasteiger partial charge in [-0.25, -0.2) is 4.79 Å². The summed E-state index contributed by atoms with van der Waals surface area (Å²) in [5, 5.41) is 8.84. The predicted octanol–water partition coefficient (Wildman–Crippen LogP) is -0.750. The molecule has 0 spiro atoms. The van der Waals surface area contributed by atoms with Crippen molar-refractivity contribution in [2.45, 2.75) is 38.3 Å². The molecule has 1 rings (SSSR count). The van der Waals surface area contributed by atoms with Crippen LogP contribution >= 0.6 is 0 Å². The molecule has 98 valence electrons. The van der Waals surface area contributed by atoms with Gasteiger partial charge in [0.25, 0.3) is 0 Å². The molecule has 0 radical (unpaired) electrons. The number of likely N-dealkylation sites (tertiary alicyclic amines) is 1. The van der Waals surface area contributed by atoms with Gasteiger partial charge in [0, 0.05) is 6.54 Å². The lowest BCUT2D eigenvalue weighted by Gasteiger charge is -2.25. The van der Waals surface area contributed by atoms with E-state index in [1.807, 2.05) is 6.92 Å². The number of nitrogens with two attached hydrogens (primary N) is 1. The summed E-state index contributed by atoms with van der Waals surface area (Å²) in [5.41, 5.74) is 5.47. The number of aliphatic hydroxyl groups is 1. The maximum Gasteiger partial charge on any atom is 0.328 e. The lowest BCUT2D eigenvalue weighted by molar-refractivity contribution is -0.154. The summed E-state index contributed by atoms with van der Waals surface area (Å²) in [5.74, 6) is -0.758. The van der Waals surface area contributed by atoms with Crippen molar-refractivity contribution in [3.63, 3.8) is 0 Å². The highest BCUT2D eigenvalue weighted by atomic mass is 16.5. The highest BCUT2D eigenvalue weighted by molar-refractivity contribution is 5.88. The average Bonchev–Trinajstić information content (AvgIpc) is 2.83. The fourth-order valence-corrected chi connectivity index (χ4v) is 1.87. The summed E-state index contributed by atoms with van der Waals surface area (Å²) in [4.78, 5) is 24.9. The summed E-state index contributed by atoms with van der Waals surface area (Å²) >= 11 is 0. The molecule has 0 aromatic heterocycles. The molecular weight excluding hydrogens is 224 g/mol. The Hall–Kier alpha value is -1.14. The molecule has 1 saturated heterocycles. The van der Waals surface area contributed by atoms with E-state index in [-0.39, 0.29) is 11.9 Å². The first-order valence-electron chi connectivity index (χ1n) is 5.95. The van der Waals surface area contributed by atoms with Crippen LogP contribution in [-0.4, -0.2) is 53.7 Å². The molecular formula is C11H20N2O4. The number of aliphatic hydroxyl groups excluding tert-OH is 1. The smallest absolute Gasteiger partial charge is 0.328 e. The van der Waals surface area contributed by atoms with Crippen LogP contribution in [-0.2, 0) is 14.3 Å². The molecule has 1 amide bonds. The quantitative estimate of drug-likeness (QED) is 0.621. The van der Waals surface area contributed by atoms with Crippen molar-refractivity contribution in [1.29, 1.82) is 0 Å². The average molecular weight is 244 g/mol. The van der Waals surface area contributed by atoms with Crippen LogP contribution in [0.15, 0.2) is 0 Å². The molecule has 1 aliphatic heterocycles. The summed E-state index contributed by atoms with van der Waals surface area (Å²) in [6.45, 7) is 2.36. The number of carbonyl (C=O) groups is 2. The molecule has 0 aromatic carbocycles. The lowest BCUT2D eigenvalue weighted by atomic mass is 10.2. The van der Waals surface area contributed by atoms with Gasteiger partial charge in [-0.3, -0.25) is 4.79 Å². The Morgan fingerprint density at radius 3 is 2.88 bits per heavy atom. The molecule has 1 fully saturated rings. The van der Waals surface area contributed by atoms with E-state index in [1.54, 1.807) is 0 Å². The monoisotopic (exact) mass is 244 g/mol. The Morgan fingerprint density at radius 2 is 2.29 bits per heavy atom. The van der Waals surface area contributed by atoms with Crippen LogP contribution < -0.4 is 5.73 Å². The molecule has 0 bridgehead atoms. The number of amides is 1. The zero-order valence-electron chi connectivity index (χ0n) is 10.1. The molecule has 3 N–H and O–H groups in total. The van der Waals surface area contributed by atoms with Crippen molar-refractivity contribution >= 4 is 11.9 Å². The Kier molecular flexibility index (Phi) is 5.37. The molecule has 0 aliphatic carbocycles. The normalized spacial score (nSPS) is 21.4. The first-order chi connectivity index (χ1) is 8.11. The third-order valence-electron chi connectivity index (χ3n) is 2.77. The van der Waals surface area contributed by atoms with Crippen LogP contribution in [0, 0.1) is 0 Å². The Balaban J connectivity index is 2.59. The van der Waals surface area contributed by atoms with Crippen LogP contribution in [0.4, 0.5) is 0 Å². The SMILES string of the molecule is CCCOC(=O)[C@@H]1CCCN1C(=O)[C@@H](N)CO. The van der Waals surface area contributed by atoms with Crippen molar-refractivity contribution in [1.82, 2.24) is 4.90 Å². The van der Waals surface area contributed by atoms with E-state index in [1.165, 1.54) is 4.90 Å². The van der Waals surface area contributed by atoms with E-state index < -0.39 is 18.7 Å². The van der Waals surface area contributed by atoms with Crippen molar-refractivity contribution in [2.24, 2.45) is 5.73 Å². The van der Waals surface area contributed by atoms with Gasteiger partial charge in [-0.2, -0.15) is 0 Å². The second-order valence-electron chi connectivity index (χ2n) is 4.15. The van der Waals surface area contributed by atoms with Gasteiger partial charge >= 0.3 is 5.97 Å². The van der Waals surface area contributed by atoms with Crippen LogP contribution in [0.2, 0.25) is 0 Å². The maximum atomic E-state index is 11.8. The third kappa shape index (κ3) is 3.41. The molecule has 6 heteroatoms. The number of ether oxygens (including phenoxy) is 1. The van der Waals surface area contributed by atoms with E-state index in [2.05, 4.69) is 0 Å². The van der Waals surface area contributed by atoms with Gasteiger partial charge in [-0.1, -0.05) is 6.92 Å². The van der Waals surface area contributed by atoms with Gasteiger partial charge in [-0.15, -0.1) is 0 Å². The van der Waals surface area contributed by atoms with E-state index in [0.717, 1.165) is 12.8 Å². The Bertz CT molecular complexity index is 283. The van der Waals surface area contributed by atoms with Crippen LogP contribution in [0.1, 0.15) is 26.2 Å². The van der Waals surface area contributed by atoms with Crippen molar-refractivity contribution < 1.29 is 19.4 Å². The topological polar surface area (TPSA) is 92.9 Å². The minimum atomic E-state index is -0.949. The zero-order chi connectivity index (χ0) is 12.8. The molecule has 6 nitrogen and oxygen atoms in total. The summed E-state index contributed by atoms with van der Waals surface area (Å²) in [7, 11) is 0. The number of esters is 1. The minimum Gasteiger partial charge on any atom is -0.464 e. The fraction of sp³-hybridized carbons (Fsp3) is 0.818. The lowest BCUT2D eigenvalue weighted by Crippen LogP contribution is -2.50. The summed E-state index contributed by atoms with van der Waals surface area (Å²) in [6, 6.07) is -1.48. The Morgan fingerprint density at radius 1 is 1.59 bits per heavy atom. The van der Waals surface area contributed by atoms with E-state index in [0.29, 0.717) is 19.6 Å². The molecule has 0 unspecified atom stereocenters. The second-order valence-corrected chi connectivity index (χ2v) is 4.15. The van der Waals surface area contributed by atoms with Gasteiger partial charge in [0.15, 0.2) is 0 Å². The van der Waals surface area contributed by atoms with Crippen LogP contribution in [0.25, 0.3) is 0 Å². The molecule has 0 aromatic rings. The van der Waals surface area contributed by atoms with Gasteiger partial charge < -0.3 is 20.5 Å². The van der Waals surface area contributed by atoms with Crippen LogP contribution in [0.3, 0.4) is 0 Å². The number of hydrogen-bond donors (Lipinski definition) is 2. The van der Waals surface area contributed by atoms with E-state index >= 15 is 0 Å². The van der Waals surface area contributed by atoms with Gasteiger partial charge in [0.1, 0.15) is 12.1 Å². The number of rotatable bonds is 5.